The van der Waals surface area contributed by atoms with Crippen LogP contribution in [0.15, 0.2) is 46.5 Å². The molecule has 1 aromatic carbocycles. The first-order valence-electron chi connectivity index (χ1n) is 5.19. The van der Waals surface area contributed by atoms with Gasteiger partial charge < -0.3 is 5.11 Å². The number of aromatic carboxylic acids is 1. The third-order valence-electron chi connectivity index (χ3n) is 2.28. The first-order valence-corrected chi connectivity index (χ1v) is 6.01. The molecule has 0 spiro atoms. The average molecular weight is 263 g/mol. The van der Waals surface area contributed by atoms with Crippen molar-refractivity contribution in [3.05, 3.63) is 53.5 Å². The number of aryl methyl sites for hydroxylation is 1. The Bertz CT molecular complexity index is 584. The second-order valence-corrected chi connectivity index (χ2v) is 4.79. The minimum absolute atomic E-state index is 0.124. The highest BCUT2D eigenvalue weighted by Gasteiger charge is 2.13. The molecule has 5 heteroatoms. The minimum atomic E-state index is -1.18. The zero-order chi connectivity index (χ0) is 13.1. The van der Waals surface area contributed by atoms with Gasteiger partial charge in [-0.3, -0.25) is 0 Å². The van der Waals surface area contributed by atoms with Crippen LogP contribution < -0.4 is 0 Å². The van der Waals surface area contributed by atoms with Gasteiger partial charge in [0.1, 0.15) is 10.8 Å². The third kappa shape index (κ3) is 2.87. The molecular weight excluding hydrogens is 253 g/mol. The highest BCUT2D eigenvalue weighted by atomic mass is 32.2. The van der Waals surface area contributed by atoms with Crippen molar-refractivity contribution in [2.24, 2.45) is 0 Å². The molecular formula is C13H10FNO2S. The molecule has 2 aromatic rings. The van der Waals surface area contributed by atoms with Crippen molar-refractivity contribution in [3.63, 3.8) is 0 Å². The van der Waals surface area contributed by atoms with Gasteiger partial charge in [0.05, 0.1) is 11.8 Å². The fourth-order valence-electron chi connectivity index (χ4n) is 1.38. The van der Waals surface area contributed by atoms with Crippen molar-refractivity contribution in [1.82, 2.24) is 4.98 Å². The van der Waals surface area contributed by atoms with E-state index in [0.29, 0.717) is 0 Å². The van der Waals surface area contributed by atoms with Crippen LogP contribution in [0.4, 0.5) is 4.39 Å². The van der Waals surface area contributed by atoms with E-state index < -0.39 is 11.8 Å². The summed E-state index contributed by atoms with van der Waals surface area (Å²) in [5, 5.41) is 9.28. The van der Waals surface area contributed by atoms with Gasteiger partial charge in [-0.05, 0) is 25.1 Å². The number of halogens is 1. The lowest BCUT2D eigenvalue weighted by Crippen LogP contribution is -2.01. The molecule has 92 valence electrons. The van der Waals surface area contributed by atoms with Crippen molar-refractivity contribution < 1.29 is 14.3 Å². The lowest BCUT2D eigenvalue weighted by molar-refractivity contribution is 0.0691. The number of nitrogens with zero attached hydrogens (tertiary/aromatic N) is 1. The predicted octanol–water partition coefficient (Wildman–Crippen LogP) is 3.38. The zero-order valence-electron chi connectivity index (χ0n) is 9.55. The number of rotatable bonds is 3. The maximum absolute atomic E-state index is 13.0. The Balaban J connectivity index is 2.34. The van der Waals surface area contributed by atoms with E-state index in [9.17, 15) is 9.18 Å². The van der Waals surface area contributed by atoms with Gasteiger partial charge in [0.25, 0.3) is 0 Å². The molecule has 0 atom stereocenters. The predicted molar refractivity (Wildman–Crippen MR) is 66.5 cm³/mol. The molecule has 0 radical (unpaired) electrons. The summed E-state index contributed by atoms with van der Waals surface area (Å²) >= 11 is 1.20. The number of pyridine rings is 1. The summed E-state index contributed by atoms with van der Waals surface area (Å²) in [6.07, 6.45) is 1.02. The van der Waals surface area contributed by atoms with Gasteiger partial charge in [-0.15, -0.1) is 0 Å². The van der Waals surface area contributed by atoms with Crippen LogP contribution in [-0.4, -0.2) is 16.1 Å². The van der Waals surface area contributed by atoms with Crippen molar-refractivity contribution >= 4 is 17.7 Å². The Labute approximate surface area is 108 Å². The molecule has 1 heterocycles. The molecule has 1 N–H and O–H groups in total. The SMILES string of the molecule is Cc1ccc(Sc2ncc(F)cc2C(=O)O)cc1. The largest absolute Gasteiger partial charge is 0.478 e. The van der Waals surface area contributed by atoms with Gasteiger partial charge in [0.15, 0.2) is 0 Å². The number of carbonyl (C=O) groups is 1. The molecule has 0 aliphatic carbocycles. The fourth-order valence-corrected chi connectivity index (χ4v) is 2.24. The number of carboxylic acid groups (broad SMARTS) is 1. The maximum Gasteiger partial charge on any atom is 0.338 e. The van der Waals surface area contributed by atoms with Crippen LogP contribution in [0.2, 0.25) is 0 Å². The van der Waals surface area contributed by atoms with Gasteiger partial charge in [0, 0.05) is 4.90 Å². The Morgan fingerprint density at radius 2 is 2.00 bits per heavy atom. The van der Waals surface area contributed by atoms with E-state index in [1.165, 1.54) is 11.8 Å². The molecule has 0 bridgehead atoms. The fraction of sp³-hybridized carbons (Fsp3) is 0.0769. The topological polar surface area (TPSA) is 50.2 Å². The summed E-state index contributed by atoms with van der Waals surface area (Å²) in [5.41, 5.74) is 0.991. The minimum Gasteiger partial charge on any atom is -0.478 e. The molecule has 0 aliphatic rings. The van der Waals surface area contributed by atoms with E-state index >= 15 is 0 Å². The standard InChI is InChI=1S/C13H10FNO2S/c1-8-2-4-10(5-3-8)18-12-11(13(16)17)6-9(14)7-15-12/h2-7H,1H3,(H,16,17). The number of benzene rings is 1. The number of hydrogen-bond acceptors (Lipinski definition) is 3. The van der Waals surface area contributed by atoms with Crippen LogP contribution in [-0.2, 0) is 0 Å². The second kappa shape index (κ2) is 5.18. The van der Waals surface area contributed by atoms with Crippen LogP contribution >= 0.6 is 11.8 Å². The van der Waals surface area contributed by atoms with E-state index in [1.807, 2.05) is 31.2 Å². The smallest absolute Gasteiger partial charge is 0.338 e. The van der Waals surface area contributed by atoms with Crippen LogP contribution in [0.25, 0.3) is 0 Å². The summed E-state index contributed by atoms with van der Waals surface area (Å²) in [7, 11) is 0. The summed E-state index contributed by atoms with van der Waals surface area (Å²) in [6.45, 7) is 1.97. The number of hydrogen-bond donors (Lipinski definition) is 1. The second-order valence-electron chi connectivity index (χ2n) is 3.73. The summed E-state index contributed by atoms with van der Waals surface area (Å²) < 4.78 is 13.0. The molecule has 0 aliphatic heterocycles. The Hall–Kier alpha value is -1.88. The lowest BCUT2D eigenvalue weighted by Gasteiger charge is -2.05. The number of carboxylic acids is 1. The summed E-state index contributed by atoms with van der Waals surface area (Å²) in [5.74, 6) is -1.84. The molecule has 0 fully saturated rings. The molecule has 1 aromatic heterocycles. The van der Waals surface area contributed by atoms with E-state index in [2.05, 4.69) is 4.98 Å². The maximum atomic E-state index is 13.0. The van der Waals surface area contributed by atoms with Gasteiger partial charge >= 0.3 is 5.97 Å². The van der Waals surface area contributed by atoms with E-state index in [1.54, 1.807) is 0 Å². The third-order valence-corrected chi connectivity index (χ3v) is 3.31. The molecule has 3 nitrogen and oxygen atoms in total. The van der Waals surface area contributed by atoms with Crippen LogP contribution in [0.5, 0.6) is 0 Å². The summed E-state index contributed by atoms with van der Waals surface area (Å²) in [6, 6.07) is 8.57. The lowest BCUT2D eigenvalue weighted by atomic mass is 10.2. The molecule has 0 unspecified atom stereocenters. The van der Waals surface area contributed by atoms with Crippen LogP contribution in [0, 0.1) is 12.7 Å². The quantitative estimate of drug-likeness (QED) is 0.922. The molecule has 18 heavy (non-hydrogen) atoms. The van der Waals surface area contributed by atoms with Gasteiger partial charge in [-0.2, -0.15) is 0 Å². The Morgan fingerprint density at radius 1 is 1.33 bits per heavy atom. The van der Waals surface area contributed by atoms with Gasteiger partial charge in [-0.25, -0.2) is 14.2 Å². The highest BCUT2D eigenvalue weighted by Crippen LogP contribution is 2.29. The Morgan fingerprint density at radius 3 is 2.61 bits per heavy atom. The molecule has 0 saturated heterocycles. The van der Waals surface area contributed by atoms with Gasteiger partial charge in [-0.1, -0.05) is 29.5 Å². The molecule has 2 rings (SSSR count). The average Bonchev–Trinajstić information content (AvgIpc) is 2.34. The van der Waals surface area contributed by atoms with E-state index in [0.717, 1.165) is 22.7 Å². The first-order chi connectivity index (χ1) is 8.56. The first kappa shape index (κ1) is 12.6. The molecule has 0 amide bonds. The van der Waals surface area contributed by atoms with Crippen molar-refractivity contribution in [3.8, 4) is 0 Å². The molecule has 0 saturated carbocycles. The Kier molecular flexibility index (Phi) is 3.62. The summed E-state index contributed by atoms with van der Waals surface area (Å²) in [4.78, 5) is 15.7. The van der Waals surface area contributed by atoms with Crippen molar-refractivity contribution in [1.29, 1.82) is 0 Å². The normalized spacial score (nSPS) is 10.3. The number of aromatic nitrogens is 1. The van der Waals surface area contributed by atoms with E-state index in [4.69, 9.17) is 5.11 Å². The van der Waals surface area contributed by atoms with Crippen LogP contribution in [0.1, 0.15) is 15.9 Å². The van der Waals surface area contributed by atoms with Crippen molar-refractivity contribution in [2.45, 2.75) is 16.8 Å². The van der Waals surface area contributed by atoms with Crippen molar-refractivity contribution in [2.75, 3.05) is 0 Å². The van der Waals surface area contributed by atoms with Crippen LogP contribution in [0.3, 0.4) is 0 Å². The monoisotopic (exact) mass is 263 g/mol. The highest BCUT2D eigenvalue weighted by molar-refractivity contribution is 7.99. The van der Waals surface area contributed by atoms with Gasteiger partial charge in [0.2, 0.25) is 0 Å². The van der Waals surface area contributed by atoms with E-state index in [-0.39, 0.29) is 10.6 Å². The zero-order valence-corrected chi connectivity index (χ0v) is 10.4.